The smallest absolute Gasteiger partial charge is 0.379 e. The minimum atomic E-state index is -4.80. The zero-order chi connectivity index (χ0) is 28.8. The summed E-state index contributed by atoms with van der Waals surface area (Å²) < 4.78 is 45.3. The van der Waals surface area contributed by atoms with Gasteiger partial charge in [0.15, 0.2) is 0 Å². The number of hydrogen-bond donors (Lipinski definition) is 2. The molecular weight excluding hydrogens is 523 g/mol. The van der Waals surface area contributed by atoms with Crippen LogP contribution in [0.3, 0.4) is 0 Å². The van der Waals surface area contributed by atoms with E-state index in [1.54, 1.807) is 0 Å². The number of nitrogens with one attached hydrogen (secondary N) is 1. The van der Waals surface area contributed by atoms with Crippen LogP contribution in [0.2, 0.25) is 0 Å². The maximum Gasteiger partial charge on any atom is 0.415 e. The van der Waals surface area contributed by atoms with Crippen LogP contribution in [0.25, 0.3) is 11.1 Å². The van der Waals surface area contributed by atoms with Crippen molar-refractivity contribution in [2.45, 2.75) is 18.3 Å². The first-order valence-electron chi connectivity index (χ1n) is 13.4. The number of halogens is 3. The quantitative estimate of drug-likeness (QED) is 0.584. The number of ether oxygens (including phenoxy) is 1. The number of benzene rings is 2. The molecule has 0 aromatic heterocycles. The van der Waals surface area contributed by atoms with E-state index in [4.69, 9.17) is 10.5 Å². The van der Waals surface area contributed by atoms with Crippen LogP contribution in [0.5, 0.6) is 0 Å². The van der Waals surface area contributed by atoms with Crippen LogP contribution in [0.15, 0.2) is 66.2 Å². The van der Waals surface area contributed by atoms with Crippen LogP contribution in [-0.2, 0) is 20.9 Å². The van der Waals surface area contributed by atoms with E-state index in [0.717, 1.165) is 32.8 Å². The molecule has 0 spiro atoms. The summed E-state index contributed by atoms with van der Waals surface area (Å²) in [5, 5.41) is 2.29. The van der Waals surface area contributed by atoms with Crippen molar-refractivity contribution in [1.82, 2.24) is 20.0 Å². The Balaban J connectivity index is 0.000000186. The molecule has 2 saturated heterocycles. The van der Waals surface area contributed by atoms with Gasteiger partial charge < -0.3 is 20.7 Å². The van der Waals surface area contributed by atoms with Crippen LogP contribution >= 0.6 is 0 Å². The lowest BCUT2D eigenvalue weighted by Crippen LogP contribution is -2.70. The van der Waals surface area contributed by atoms with Gasteiger partial charge in [0, 0.05) is 58.4 Å². The zero-order valence-electron chi connectivity index (χ0n) is 22.6. The van der Waals surface area contributed by atoms with E-state index in [1.807, 2.05) is 11.9 Å². The van der Waals surface area contributed by atoms with Crippen molar-refractivity contribution in [3.05, 3.63) is 71.8 Å². The molecule has 2 fully saturated rings. The molecule has 0 aliphatic carbocycles. The van der Waals surface area contributed by atoms with Gasteiger partial charge >= 0.3 is 6.18 Å². The molecule has 40 heavy (non-hydrogen) atoms. The average Bonchev–Trinajstić information content (AvgIpc) is 2.95. The Morgan fingerprint density at radius 3 is 2.23 bits per heavy atom. The highest BCUT2D eigenvalue weighted by molar-refractivity contribution is 5.97. The van der Waals surface area contributed by atoms with Gasteiger partial charge in [-0.05, 0) is 23.7 Å². The van der Waals surface area contributed by atoms with Crippen molar-refractivity contribution in [2.75, 3.05) is 66.1 Å². The van der Waals surface area contributed by atoms with Crippen molar-refractivity contribution in [3.63, 3.8) is 0 Å². The van der Waals surface area contributed by atoms with Crippen molar-refractivity contribution < 1.29 is 27.5 Å². The summed E-state index contributed by atoms with van der Waals surface area (Å²) >= 11 is 0. The summed E-state index contributed by atoms with van der Waals surface area (Å²) in [4.78, 5) is 29.0. The second-order valence-corrected chi connectivity index (χ2v) is 10.2. The molecule has 0 radical (unpaired) electrons. The fraction of sp³-hybridized carbons (Fsp3) is 0.448. The molecule has 5 rings (SSSR count). The molecule has 1 unspecified atom stereocenters. The maximum absolute atomic E-state index is 13.3. The summed E-state index contributed by atoms with van der Waals surface area (Å²) in [6, 6.07) is 19.3. The summed E-state index contributed by atoms with van der Waals surface area (Å²) in [5.74, 6) is -1.97. The van der Waals surface area contributed by atoms with Gasteiger partial charge in [-0.15, -0.1) is 0 Å². The van der Waals surface area contributed by atoms with Gasteiger partial charge in [-0.3, -0.25) is 19.4 Å². The Hall–Kier alpha value is -3.25. The molecule has 11 heteroatoms. The van der Waals surface area contributed by atoms with E-state index in [1.165, 1.54) is 21.6 Å². The summed E-state index contributed by atoms with van der Waals surface area (Å²) in [7, 11) is 1.84. The minimum Gasteiger partial charge on any atom is -0.379 e. The first-order chi connectivity index (χ1) is 19.1. The van der Waals surface area contributed by atoms with E-state index in [0.29, 0.717) is 19.2 Å². The molecule has 3 heterocycles. The van der Waals surface area contributed by atoms with E-state index in [2.05, 4.69) is 64.8 Å². The highest BCUT2D eigenvalue weighted by Gasteiger charge is 2.57. The highest BCUT2D eigenvalue weighted by Crippen LogP contribution is 2.39. The summed E-state index contributed by atoms with van der Waals surface area (Å²) in [6.45, 7) is 5.89. The largest absolute Gasteiger partial charge is 0.415 e. The molecular formula is C29H36F3N5O3. The van der Waals surface area contributed by atoms with Crippen LogP contribution in [-0.4, -0.2) is 104 Å². The number of carbonyl (C=O) groups excluding carboxylic acids is 2. The maximum atomic E-state index is 13.3. The molecule has 0 bridgehead atoms. The minimum absolute atomic E-state index is 0.267. The molecule has 3 N–H and O–H groups in total. The third kappa shape index (κ3) is 6.90. The summed E-state index contributed by atoms with van der Waals surface area (Å²) in [5.41, 5.74) is 6.13. The number of hydrogen-bond acceptors (Lipinski definition) is 6. The fourth-order valence-electron chi connectivity index (χ4n) is 5.33. The number of primary amides is 1. The van der Waals surface area contributed by atoms with E-state index in [-0.39, 0.29) is 13.1 Å². The standard InChI is InChI=1S/C17H19NO.C12H17F3N4O2/c1-2-6-15(7-3-1)17-9-5-4-8-16(17)14-18-10-12-19-13-11-18;1-18-2-4-19(5-3-18)11(10(16)21)7-17-9(20)6-8(11)12(13,14)15/h1-9H,10-14H2;6H,2-5,7H2,1H3,(H2,16,21)(H,17,20). The van der Waals surface area contributed by atoms with E-state index in [9.17, 15) is 22.8 Å². The number of piperazine rings is 1. The van der Waals surface area contributed by atoms with Crippen LogP contribution < -0.4 is 11.1 Å². The third-order valence-electron chi connectivity index (χ3n) is 7.60. The topological polar surface area (TPSA) is 91.1 Å². The molecule has 216 valence electrons. The van der Waals surface area contributed by atoms with Gasteiger partial charge in [0.1, 0.15) is 5.54 Å². The first kappa shape index (κ1) is 29.7. The molecule has 1 atom stereocenters. The molecule has 2 aromatic rings. The number of nitrogens with zero attached hydrogens (tertiary/aromatic N) is 3. The lowest BCUT2D eigenvalue weighted by Gasteiger charge is -2.47. The van der Waals surface area contributed by atoms with Crippen LogP contribution in [0, 0.1) is 0 Å². The van der Waals surface area contributed by atoms with Crippen LogP contribution in [0.1, 0.15) is 5.56 Å². The number of nitrogens with two attached hydrogens (primary N) is 1. The molecule has 3 aliphatic rings. The average molecular weight is 560 g/mol. The highest BCUT2D eigenvalue weighted by atomic mass is 19.4. The first-order valence-corrected chi connectivity index (χ1v) is 13.4. The van der Waals surface area contributed by atoms with Gasteiger partial charge in [0.05, 0.1) is 18.8 Å². The van der Waals surface area contributed by atoms with Gasteiger partial charge in [0.2, 0.25) is 11.8 Å². The lowest BCUT2D eigenvalue weighted by atomic mass is 9.82. The Bertz CT molecular complexity index is 1190. The molecule has 2 aromatic carbocycles. The predicted octanol–water partition coefficient (Wildman–Crippen LogP) is 2.26. The number of amides is 2. The SMILES string of the molecule is CN1CCN(C2(C(N)=O)CNC(=O)C=C2C(F)(F)F)CC1.c1ccc(-c2ccccc2CN2CCOCC2)cc1. The van der Waals surface area contributed by atoms with Crippen LogP contribution in [0.4, 0.5) is 13.2 Å². The Labute approximate surface area is 232 Å². The number of rotatable bonds is 5. The second-order valence-electron chi connectivity index (χ2n) is 10.2. The Morgan fingerprint density at radius 1 is 0.975 bits per heavy atom. The number of carbonyl (C=O) groups is 2. The van der Waals surface area contributed by atoms with E-state index >= 15 is 0 Å². The Morgan fingerprint density at radius 2 is 1.60 bits per heavy atom. The van der Waals surface area contributed by atoms with Gasteiger partial charge in [-0.1, -0.05) is 54.6 Å². The normalized spacial score (nSPS) is 23.0. The summed E-state index contributed by atoms with van der Waals surface area (Å²) in [6.07, 6.45) is -4.36. The number of morpholine rings is 1. The molecule has 3 aliphatic heterocycles. The van der Waals surface area contributed by atoms with Crippen molar-refractivity contribution in [1.29, 1.82) is 0 Å². The van der Waals surface area contributed by atoms with Crippen molar-refractivity contribution in [2.24, 2.45) is 5.73 Å². The van der Waals surface area contributed by atoms with Crippen molar-refractivity contribution >= 4 is 11.8 Å². The second kappa shape index (κ2) is 12.9. The zero-order valence-corrected chi connectivity index (χ0v) is 22.6. The monoisotopic (exact) mass is 559 g/mol. The predicted molar refractivity (Wildman–Crippen MR) is 146 cm³/mol. The fourth-order valence-corrected chi connectivity index (χ4v) is 5.33. The van der Waals surface area contributed by atoms with Crippen molar-refractivity contribution in [3.8, 4) is 11.1 Å². The lowest BCUT2D eigenvalue weighted by molar-refractivity contribution is -0.145. The molecule has 0 saturated carbocycles. The number of alkyl halides is 3. The molecule has 2 amide bonds. The molecule has 8 nitrogen and oxygen atoms in total. The van der Waals surface area contributed by atoms with E-state index < -0.39 is 35.6 Å². The van der Waals surface area contributed by atoms with Gasteiger partial charge in [-0.25, -0.2) is 0 Å². The Kier molecular flexibility index (Phi) is 9.62. The van der Waals surface area contributed by atoms with Gasteiger partial charge in [-0.2, -0.15) is 13.2 Å². The third-order valence-corrected chi connectivity index (χ3v) is 7.60. The van der Waals surface area contributed by atoms with Gasteiger partial charge in [0.25, 0.3) is 0 Å². The number of likely N-dealkylation sites (N-methyl/N-ethyl adjacent to an activating group) is 1.